The first-order chi connectivity index (χ1) is 13.6. The summed E-state index contributed by atoms with van der Waals surface area (Å²) in [6, 6.07) is 16.5. The van der Waals surface area contributed by atoms with Crippen molar-refractivity contribution in [1.82, 2.24) is 15.1 Å². The van der Waals surface area contributed by atoms with Crippen molar-refractivity contribution in [3.05, 3.63) is 83.2 Å². The zero-order chi connectivity index (χ0) is 19.9. The van der Waals surface area contributed by atoms with E-state index in [-0.39, 0.29) is 5.91 Å². The van der Waals surface area contributed by atoms with E-state index < -0.39 is 5.97 Å². The van der Waals surface area contributed by atoms with Crippen LogP contribution in [0.3, 0.4) is 0 Å². The van der Waals surface area contributed by atoms with Crippen molar-refractivity contribution in [2.24, 2.45) is 0 Å². The molecule has 0 aliphatic carbocycles. The maximum Gasteiger partial charge on any atom is 0.337 e. The topological polar surface area (TPSA) is 73.2 Å². The Kier molecular flexibility index (Phi) is 6.22. The monoisotopic (exact) mass is 377 g/mol. The average molecular weight is 377 g/mol. The van der Waals surface area contributed by atoms with Gasteiger partial charge in [0.25, 0.3) is 5.91 Å². The lowest BCUT2D eigenvalue weighted by Crippen LogP contribution is -2.25. The van der Waals surface area contributed by atoms with Crippen LogP contribution in [0.4, 0.5) is 0 Å². The molecule has 1 amide bonds. The van der Waals surface area contributed by atoms with Gasteiger partial charge in [-0.2, -0.15) is 5.10 Å². The summed E-state index contributed by atoms with van der Waals surface area (Å²) in [4.78, 5) is 23.9. The van der Waals surface area contributed by atoms with Gasteiger partial charge in [0.15, 0.2) is 0 Å². The first kappa shape index (κ1) is 19.4. The number of hydrogen-bond donors (Lipinski definition) is 1. The van der Waals surface area contributed by atoms with Crippen molar-refractivity contribution in [2.75, 3.05) is 13.7 Å². The molecule has 0 unspecified atom stereocenters. The van der Waals surface area contributed by atoms with E-state index in [9.17, 15) is 9.59 Å². The molecule has 0 saturated heterocycles. The molecule has 0 saturated carbocycles. The largest absolute Gasteiger partial charge is 0.465 e. The summed E-state index contributed by atoms with van der Waals surface area (Å²) in [6.07, 6.45) is 3.65. The van der Waals surface area contributed by atoms with Gasteiger partial charge >= 0.3 is 5.97 Å². The van der Waals surface area contributed by atoms with Crippen LogP contribution in [0.2, 0.25) is 0 Å². The lowest BCUT2D eigenvalue weighted by molar-refractivity contribution is 0.0600. The quantitative estimate of drug-likeness (QED) is 0.506. The third kappa shape index (κ3) is 4.65. The van der Waals surface area contributed by atoms with Crippen molar-refractivity contribution >= 4 is 11.9 Å². The summed E-state index contributed by atoms with van der Waals surface area (Å²) >= 11 is 0. The third-order valence-electron chi connectivity index (χ3n) is 4.48. The van der Waals surface area contributed by atoms with Gasteiger partial charge in [-0.25, -0.2) is 9.48 Å². The fourth-order valence-corrected chi connectivity index (χ4v) is 2.94. The van der Waals surface area contributed by atoms with Crippen molar-refractivity contribution in [1.29, 1.82) is 0 Å². The Balaban J connectivity index is 1.53. The minimum atomic E-state index is -0.458. The van der Waals surface area contributed by atoms with Crippen molar-refractivity contribution < 1.29 is 14.3 Å². The number of nitrogens with zero attached hydrogens (tertiary/aromatic N) is 2. The number of aromatic nitrogens is 2. The number of amides is 1. The van der Waals surface area contributed by atoms with Gasteiger partial charge in [-0.3, -0.25) is 4.79 Å². The second kappa shape index (κ2) is 8.99. The Morgan fingerprint density at radius 2 is 1.82 bits per heavy atom. The van der Waals surface area contributed by atoms with E-state index in [0.29, 0.717) is 17.7 Å². The van der Waals surface area contributed by atoms with Crippen molar-refractivity contribution in [3.63, 3.8) is 0 Å². The SMILES string of the molecule is COC(=O)c1cccc(C(=O)NCCCc2cn(-c3ccccc3)nc2C)c1. The highest BCUT2D eigenvalue weighted by molar-refractivity contribution is 5.97. The Bertz CT molecular complexity index is 964. The van der Waals surface area contributed by atoms with E-state index in [1.807, 2.05) is 48.1 Å². The summed E-state index contributed by atoms with van der Waals surface area (Å²) in [5.41, 5.74) is 3.97. The van der Waals surface area contributed by atoms with Crippen LogP contribution < -0.4 is 5.32 Å². The number of methoxy groups -OCH3 is 1. The molecule has 0 radical (unpaired) electrons. The van der Waals surface area contributed by atoms with Crippen molar-refractivity contribution in [2.45, 2.75) is 19.8 Å². The van der Waals surface area contributed by atoms with Crippen LogP contribution in [0.25, 0.3) is 5.69 Å². The van der Waals surface area contributed by atoms with Crippen LogP contribution in [0, 0.1) is 6.92 Å². The number of rotatable bonds is 7. The van der Waals surface area contributed by atoms with Gasteiger partial charge in [0.1, 0.15) is 0 Å². The summed E-state index contributed by atoms with van der Waals surface area (Å²) in [5.74, 6) is -0.664. The molecular formula is C22H23N3O3. The van der Waals surface area contributed by atoms with E-state index in [4.69, 9.17) is 0 Å². The molecular weight excluding hydrogens is 354 g/mol. The van der Waals surface area contributed by atoms with Crippen LogP contribution in [0.15, 0.2) is 60.8 Å². The lowest BCUT2D eigenvalue weighted by atomic mass is 10.1. The fraction of sp³-hybridized carbons (Fsp3) is 0.227. The molecule has 3 aromatic rings. The molecule has 144 valence electrons. The molecule has 0 spiro atoms. The highest BCUT2D eigenvalue weighted by atomic mass is 16.5. The number of carbonyl (C=O) groups is 2. The minimum absolute atomic E-state index is 0.206. The van der Waals surface area contributed by atoms with Gasteiger partial charge in [-0.1, -0.05) is 24.3 Å². The van der Waals surface area contributed by atoms with E-state index in [0.717, 1.165) is 29.8 Å². The highest BCUT2D eigenvalue weighted by Gasteiger charge is 2.11. The third-order valence-corrected chi connectivity index (χ3v) is 4.48. The Labute approximate surface area is 164 Å². The Hall–Kier alpha value is -3.41. The molecule has 1 aromatic heterocycles. The van der Waals surface area contributed by atoms with E-state index >= 15 is 0 Å². The molecule has 1 N–H and O–H groups in total. The van der Waals surface area contributed by atoms with Gasteiger partial charge in [-0.15, -0.1) is 0 Å². The maximum absolute atomic E-state index is 12.3. The molecule has 2 aromatic carbocycles. The zero-order valence-electron chi connectivity index (χ0n) is 16.0. The standard InChI is InChI=1S/C22H23N3O3/c1-16-19(15-25(24-16)20-11-4-3-5-12-20)10-7-13-23-21(26)17-8-6-9-18(14-17)22(27)28-2/h3-6,8-9,11-12,14-15H,7,10,13H2,1-2H3,(H,23,26). The number of para-hydroxylation sites is 1. The Morgan fingerprint density at radius 3 is 2.57 bits per heavy atom. The second-order valence-corrected chi connectivity index (χ2v) is 6.45. The predicted molar refractivity (Wildman–Crippen MR) is 107 cm³/mol. The van der Waals surface area contributed by atoms with Gasteiger partial charge < -0.3 is 10.1 Å². The molecule has 0 bridgehead atoms. The Morgan fingerprint density at radius 1 is 1.07 bits per heavy atom. The van der Waals surface area contributed by atoms with Crippen LogP contribution in [-0.2, 0) is 11.2 Å². The molecule has 0 aliphatic rings. The van der Waals surface area contributed by atoms with Gasteiger partial charge in [-0.05, 0) is 55.7 Å². The molecule has 6 heteroatoms. The van der Waals surface area contributed by atoms with Gasteiger partial charge in [0.05, 0.1) is 24.1 Å². The van der Waals surface area contributed by atoms with Gasteiger partial charge in [0, 0.05) is 18.3 Å². The van der Waals surface area contributed by atoms with Crippen LogP contribution in [0.5, 0.6) is 0 Å². The molecule has 0 atom stereocenters. The molecule has 1 heterocycles. The molecule has 0 aliphatic heterocycles. The van der Waals surface area contributed by atoms with Crippen LogP contribution in [0.1, 0.15) is 38.4 Å². The van der Waals surface area contributed by atoms with E-state index in [1.54, 1.807) is 18.2 Å². The zero-order valence-corrected chi connectivity index (χ0v) is 16.0. The number of carbonyl (C=O) groups excluding carboxylic acids is 2. The van der Waals surface area contributed by atoms with E-state index in [2.05, 4.69) is 15.2 Å². The molecule has 6 nitrogen and oxygen atoms in total. The smallest absolute Gasteiger partial charge is 0.337 e. The average Bonchev–Trinajstić information content (AvgIpc) is 3.11. The van der Waals surface area contributed by atoms with E-state index in [1.165, 1.54) is 13.2 Å². The number of hydrogen-bond acceptors (Lipinski definition) is 4. The maximum atomic E-state index is 12.3. The molecule has 3 rings (SSSR count). The highest BCUT2D eigenvalue weighted by Crippen LogP contribution is 2.13. The summed E-state index contributed by atoms with van der Waals surface area (Å²) in [7, 11) is 1.32. The number of benzene rings is 2. The minimum Gasteiger partial charge on any atom is -0.465 e. The normalized spacial score (nSPS) is 10.5. The molecule has 28 heavy (non-hydrogen) atoms. The number of nitrogens with one attached hydrogen (secondary N) is 1. The van der Waals surface area contributed by atoms with Crippen LogP contribution in [-0.4, -0.2) is 35.3 Å². The summed E-state index contributed by atoms with van der Waals surface area (Å²) in [6.45, 7) is 2.53. The van der Waals surface area contributed by atoms with Crippen LogP contribution >= 0.6 is 0 Å². The fourth-order valence-electron chi connectivity index (χ4n) is 2.94. The van der Waals surface area contributed by atoms with Crippen molar-refractivity contribution in [3.8, 4) is 5.69 Å². The number of esters is 1. The summed E-state index contributed by atoms with van der Waals surface area (Å²) < 4.78 is 6.56. The first-order valence-electron chi connectivity index (χ1n) is 9.15. The first-order valence-corrected chi connectivity index (χ1v) is 9.15. The second-order valence-electron chi connectivity index (χ2n) is 6.45. The molecule has 0 fully saturated rings. The number of aryl methyl sites for hydroxylation is 2. The van der Waals surface area contributed by atoms with Gasteiger partial charge in [0.2, 0.25) is 0 Å². The predicted octanol–water partition coefficient (Wildman–Crippen LogP) is 3.33. The number of ether oxygens (including phenoxy) is 1. The summed E-state index contributed by atoms with van der Waals surface area (Å²) in [5, 5.41) is 7.46. The lowest BCUT2D eigenvalue weighted by Gasteiger charge is -2.06.